The van der Waals surface area contributed by atoms with E-state index in [1.165, 1.54) is 19.4 Å². The van der Waals surface area contributed by atoms with Crippen LogP contribution in [0.25, 0.3) is 0 Å². The molecule has 1 heterocycles. The minimum absolute atomic E-state index is 0.00847. The fourth-order valence-corrected chi connectivity index (χ4v) is 7.65. The Balaban J connectivity index is 3.61. The van der Waals surface area contributed by atoms with Crippen LogP contribution in [0.3, 0.4) is 0 Å². The van der Waals surface area contributed by atoms with Crippen LogP contribution in [-0.4, -0.2) is 173 Å². The lowest BCUT2D eigenvalue weighted by molar-refractivity contribution is -0.139. The number of carbonyl (C=O) groups is 10. The normalized spacial score (nSPS) is 14.4. The van der Waals surface area contributed by atoms with Crippen LogP contribution in [0.1, 0.15) is 111 Å². The number of H-pyrrole nitrogens is 1. The van der Waals surface area contributed by atoms with Gasteiger partial charge < -0.3 is 103 Å². The number of carbonyl (C=O) groups excluding carboxylic acids is 9. The fraction of sp³-hybridized carbons (Fsp3) is 0.667. The Morgan fingerprint density at radius 2 is 0.963 bits per heavy atom. The molecule has 32 heteroatoms. The van der Waals surface area contributed by atoms with Crippen LogP contribution in [0.2, 0.25) is 0 Å². The Labute approximate surface area is 464 Å². The molecule has 450 valence electrons. The van der Waals surface area contributed by atoms with Gasteiger partial charge in [-0.05, 0) is 89.5 Å². The van der Waals surface area contributed by atoms with E-state index in [9.17, 15) is 53.1 Å². The number of amides is 8. The van der Waals surface area contributed by atoms with Gasteiger partial charge in [-0.3, -0.25) is 58.1 Å². The predicted octanol–water partition coefficient (Wildman–Crippen LogP) is -6.16. The number of aliphatic imine (C=N–C) groups is 3. The molecule has 0 aliphatic carbocycles. The van der Waals surface area contributed by atoms with Crippen LogP contribution in [-0.2, 0) is 54.4 Å². The van der Waals surface area contributed by atoms with Crippen LogP contribution in [0, 0.1) is 11.8 Å². The maximum Gasteiger partial charge on any atom is 0.305 e. The van der Waals surface area contributed by atoms with Crippen molar-refractivity contribution in [2.75, 3.05) is 26.2 Å². The first-order valence-electron chi connectivity index (χ1n) is 26.4. The summed E-state index contributed by atoms with van der Waals surface area (Å²) in [5, 5.41) is 30.1. The van der Waals surface area contributed by atoms with Gasteiger partial charge in [0.1, 0.15) is 48.6 Å². The number of aromatic nitrogens is 2. The summed E-state index contributed by atoms with van der Waals surface area (Å²) in [6.07, 6.45) is 3.31. The minimum atomic E-state index is -1.42. The largest absolute Gasteiger partial charge is 0.481 e. The van der Waals surface area contributed by atoms with Crippen molar-refractivity contribution in [2.24, 2.45) is 72.7 Å². The zero-order chi connectivity index (χ0) is 60.5. The standard InChI is InChI=1S/C48H87N21O11/c1-25(2)19-34(43(78)65-31(12-8-16-58-46(51)52)39(74)62-29(23-70)21-36(71)72)68-45(80)37(26(3)4)69-42(77)30(11-6-7-15-49)64-40(75)33(14-10-18-60-48(55)56)66-44(79)35(20-28-22-57-24-61-28)67-41(76)32(63-38(73)27(5)50)13-9-17-59-47(53)54/h22-27,29-35,37H,6-21,49-50H2,1-5H3,(H,57,61)(H,62,74)(H,63,73)(H,64,75)(H,65,78)(H,66,79)(H,67,76)(H,68,80)(H,69,77)(H,71,72)(H4,51,52,58)(H4,53,54,59)(H4,55,56,60)/t27-,29-,30-,31-,32-,33-,34-,35-,37-/m0/s1. The SMILES string of the molecule is CC(C)C[C@H](NC(=O)[C@@H](NC(=O)[C@H](CCCCN)NC(=O)[C@H](CCCN=C(N)N)NC(=O)[C@H](Cc1cnc[nH]1)NC(=O)[C@H](CCCN=C(N)N)NC(=O)[C@H](C)N)C(C)C)C(=O)N[C@@H](CCCN=C(N)N)C(=O)N[C@H](C=O)CC(=O)O. The molecule has 32 nitrogen and oxygen atoms in total. The molecule has 1 aromatic heterocycles. The van der Waals surface area contributed by atoms with E-state index in [0.717, 1.165) is 0 Å². The number of rotatable bonds is 40. The van der Waals surface area contributed by atoms with Crippen molar-refractivity contribution in [3.05, 3.63) is 18.2 Å². The van der Waals surface area contributed by atoms with Gasteiger partial charge in [0.2, 0.25) is 47.3 Å². The molecule has 0 fully saturated rings. The topological polar surface area (TPSA) is 561 Å². The molecule has 8 amide bonds. The van der Waals surface area contributed by atoms with E-state index in [4.69, 9.17) is 45.9 Å². The van der Waals surface area contributed by atoms with Crippen molar-refractivity contribution in [3.63, 3.8) is 0 Å². The number of hydrogen-bond donors (Lipinski definition) is 18. The van der Waals surface area contributed by atoms with E-state index in [-0.39, 0.29) is 114 Å². The number of hydrogen-bond acceptors (Lipinski definition) is 16. The Morgan fingerprint density at radius 1 is 0.562 bits per heavy atom. The van der Waals surface area contributed by atoms with Crippen molar-refractivity contribution in [3.8, 4) is 0 Å². The highest BCUT2D eigenvalue weighted by Crippen LogP contribution is 2.13. The Morgan fingerprint density at radius 3 is 1.35 bits per heavy atom. The number of aromatic amines is 1. The number of nitrogens with two attached hydrogens (primary N) is 8. The second-order valence-corrected chi connectivity index (χ2v) is 19.8. The maximum absolute atomic E-state index is 14.4. The van der Waals surface area contributed by atoms with Crippen LogP contribution in [0.15, 0.2) is 27.5 Å². The number of carboxylic acid groups (broad SMARTS) is 1. The number of aliphatic carboxylic acids is 1. The number of imidazole rings is 1. The highest BCUT2D eigenvalue weighted by atomic mass is 16.4. The molecular weight excluding hydrogens is 1050 g/mol. The quantitative estimate of drug-likeness (QED) is 0.0126. The van der Waals surface area contributed by atoms with Gasteiger partial charge in [0.25, 0.3) is 0 Å². The third kappa shape index (κ3) is 29.0. The van der Waals surface area contributed by atoms with E-state index in [0.29, 0.717) is 18.5 Å². The van der Waals surface area contributed by atoms with E-state index in [2.05, 4.69) is 67.5 Å². The van der Waals surface area contributed by atoms with Crippen LogP contribution < -0.4 is 88.4 Å². The molecule has 26 N–H and O–H groups in total. The van der Waals surface area contributed by atoms with Crippen molar-refractivity contribution in [1.82, 2.24) is 52.5 Å². The number of unbranched alkanes of at least 4 members (excludes halogenated alkanes) is 1. The summed E-state index contributed by atoms with van der Waals surface area (Å²) in [4.78, 5) is 153. The first-order chi connectivity index (χ1) is 37.7. The number of nitrogens with one attached hydrogen (secondary N) is 9. The zero-order valence-electron chi connectivity index (χ0n) is 46.3. The maximum atomic E-state index is 14.4. The molecule has 0 spiro atoms. The van der Waals surface area contributed by atoms with Gasteiger partial charge >= 0.3 is 5.97 Å². The van der Waals surface area contributed by atoms with Crippen molar-refractivity contribution in [1.29, 1.82) is 0 Å². The number of carboxylic acids is 1. The molecule has 0 aliphatic heterocycles. The van der Waals surface area contributed by atoms with Crippen LogP contribution >= 0.6 is 0 Å². The van der Waals surface area contributed by atoms with Crippen molar-refractivity contribution < 1.29 is 53.1 Å². The van der Waals surface area contributed by atoms with Gasteiger partial charge in [0.05, 0.1) is 24.8 Å². The summed E-state index contributed by atoms with van der Waals surface area (Å²) in [5.41, 5.74) is 44.8. The summed E-state index contributed by atoms with van der Waals surface area (Å²) in [5.74, 6) is -9.29. The van der Waals surface area contributed by atoms with Crippen molar-refractivity contribution in [2.45, 2.75) is 166 Å². The monoisotopic (exact) mass is 1130 g/mol. The third-order valence-electron chi connectivity index (χ3n) is 11.8. The molecule has 0 unspecified atom stereocenters. The highest BCUT2D eigenvalue weighted by molar-refractivity contribution is 5.98. The Kier molecular flexibility index (Phi) is 32.8. The van der Waals surface area contributed by atoms with Gasteiger partial charge in [-0.15, -0.1) is 0 Å². The molecule has 0 aromatic carbocycles. The molecule has 0 saturated heterocycles. The molecule has 0 radical (unpaired) electrons. The van der Waals surface area contributed by atoms with E-state index in [1.54, 1.807) is 27.7 Å². The summed E-state index contributed by atoms with van der Waals surface area (Å²) in [7, 11) is 0. The average molecular weight is 1130 g/mol. The third-order valence-corrected chi connectivity index (χ3v) is 11.8. The van der Waals surface area contributed by atoms with Crippen molar-refractivity contribution >= 4 is 77.4 Å². The van der Waals surface area contributed by atoms with E-state index < -0.39 is 120 Å². The number of nitrogens with zero attached hydrogens (tertiary/aromatic N) is 4. The summed E-state index contributed by atoms with van der Waals surface area (Å²) >= 11 is 0. The lowest BCUT2D eigenvalue weighted by atomic mass is 9.98. The van der Waals surface area contributed by atoms with Gasteiger partial charge in [0.15, 0.2) is 17.9 Å². The van der Waals surface area contributed by atoms with Gasteiger partial charge in [-0.1, -0.05) is 27.7 Å². The fourth-order valence-electron chi connectivity index (χ4n) is 7.65. The molecule has 0 saturated carbocycles. The summed E-state index contributed by atoms with van der Waals surface area (Å²) in [6.45, 7) is 8.65. The van der Waals surface area contributed by atoms with Gasteiger partial charge in [-0.25, -0.2) is 4.98 Å². The zero-order valence-corrected chi connectivity index (χ0v) is 46.3. The number of guanidine groups is 3. The van der Waals surface area contributed by atoms with Crippen LogP contribution in [0.5, 0.6) is 0 Å². The molecule has 9 atom stereocenters. The lowest BCUT2D eigenvalue weighted by Gasteiger charge is -2.29. The van der Waals surface area contributed by atoms with Gasteiger partial charge in [0, 0.05) is 37.9 Å². The lowest BCUT2D eigenvalue weighted by Crippen LogP contribution is -2.61. The second-order valence-electron chi connectivity index (χ2n) is 19.8. The molecule has 1 rings (SSSR count). The Hall–Kier alpha value is -8.16. The molecule has 0 bridgehead atoms. The number of aldehydes is 1. The van der Waals surface area contributed by atoms with E-state index >= 15 is 0 Å². The minimum Gasteiger partial charge on any atom is -0.481 e. The summed E-state index contributed by atoms with van der Waals surface area (Å²) < 4.78 is 0. The first kappa shape index (κ1) is 69.9. The van der Waals surface area contributed by atoms with Gasteiger partial charge in [-0.2, -0.15) is 0 Å². The molecular formula is C48H87N21O11. The first-order valence-corrected chi connectivity index (χ1v) is 26.4. The predicted molar refractivity (Wildman–Crippen MR) is 297 cm³/mol. The molecule has 80 heavy (non-hydrogen) atoms. The average Bonchev–Trinajstić information content (AvgIpc) is 3.89. The van der Waals surface area contributed by atoms with Crippen LogP contribution in [0.4, 0.5) is 0 Å². The Bertz CT molecular complexity index is 2250. The highest BCUT2D eigenvalue weighted by Gasteiger charge is 2.36. The molecule has 0 aliphatic rings. The van der Waals surface area contributed by atoms with E-state index in [1.807, 2.05) is 0 Å². The smallest absolute Gasteiger partial charge is 0.305 e. The molecule has 1 aromatic rings. The second kappa shape index (κ2) is 37.6. The summed E-state index contributed by atoms with van der Waals surface area (Å²) in [6, 6.07) is -11.7.